The number of ether oxygens (including phenoxy) is 1. The number of rotatable bonds is 3. The molecule has 2 saturated heterocycles. The Balaban J connectivity index is 1.75. The molecule has 3 nitrogen and oxygen atoms in total. The predicted octanol–water partition coefficient (Wildman–Crippen LogP) is 1.24. The highest BCUT2D eigenvalue weighted by Crippen LogP contribution is 2.18. The van der Waals surface area contributed by atoms with E-state index in [0.717, 1.165) is 25.3 Å². The Morgan fingerprint density at radius 3 is 2.80 bits per heavy atom. The Morgan fingerprint density at radius 2 is 2.20 bits per heavy atom. The Morgan fingerprint density at radius 1 is 1.33 bits per heavy atom. The van der Waals surface area contributed by atoms with Crippen LogP contribution < -0.4 is 5.32 Å². The third kappa shape index (κ3) is 2.92. The summed E-state index contributed by atoms with van der Waals surface area (Å²) in [5.41, 5.74) is 0. The van der Waals surface area contributed by atoms with Gasteiger partial charge >= 0.3 is 0 Å². The van der Waals surface area contributed by atoms with Gasteiger partial charge in [0.25, 0.3) is 0 Å². The van der Waals surface area contributed by atoms with E-state index in [0.29, 0.717) is 6.04 Å². The van der Waals surface area contributed by atoms with E-state index in [1.54, 1.807) is 0 Å². The Kier molecular flexibility index (Phi) is 4.00. The summed E-state index contributed by atoms with van der Waals surface area (Å²) in [6.45, 7) is 8.92. The normalized spacial score (nSPS) is 38.4. The van der Waals surface area contributed by atoms with E-state index in [-0.39, 0.29) is 0 Å². The highest BCUT2D eigenvalue weighted by molar-refractivity contribution is 4.85. The van der Waals surface area contributed by atoms with Gasteiger partial charge in [0.2, 0.25) is 0 Å². The third-order valence-corrected chi connectivity index (χ3v) is 3.82. The van der Waals surface area contributed by atoms with Crippen LogP contribution in [0.4, 0.5) is 0 Å². The minimum absolute atomic E-state index is 0.621. The maximum absolute atomic E-state index is 5.39. The van der Waals surface area contributed by atoms with Crippen LogP contribution >= 0.6 is 0 Å². The molecule has 3 heteroatoms. The van der Waals surface area contributed by atoms with E-state index in [1.807, 2.05) is 0 Å². The second kappa shape index (κ2) is 5.28. The van der Waals surface area contributed by atoms with Crippen molar-refractivity contribution in [3.05, 3.63) is 0 Å². The van der Waals surface area contributed by atoms with E-state index in [1.165, 1.54) is 32.4 Å². The molecule has 3 unspecified atom stereocenters. The Labute approximate surface area is 93.2 Å². The van der Waals surface area contributed by atoms with Crippen molar-refractivity contribution >= 4 is 0 Å². The lowest BCUT2D eigenvalue weighted by molar-refractivity contribution is 0.133. The van der Waals surface area contributed by atoms with E-state index < -0.39 is 0 Å². The van der Waals surface area contributed by atoms with Gasteiger partial charge in [0, 0.05) is 24.7 Å². The van der Waals surface area contributed by atoms with Crippen molar-refractivity contribution in [2.75, 3.05) is 26.3 Å². The van der Waals surface area contributed by atoms with Gasteiger partial charge in [-0.2, -0.15) is 0 Å². The predicted molar refractivity (Wildman–Crippen MR) is 62.1 cm³/mol. The quantitative estimate of drug-likeness (QED) is 0.762. The summed E-state index contributed by atoms with van der Waals surface area (Å²) in [5.74, 6) is 0. The van der Waals surface area contributed by atoms with Crippen LogP contribution in [0.25, 0.3) is 0 Å². The summed E-state index contributed by atoms with van der Waals surface area (Å²) in [4.78, 5) is 2.57. The lowest BCUT2D eigenvalue weighted by Crippen LogP contribution is -2.49. The first-order valence-electron chi connectivity index (χ1n) is 6.37. The standard InChI is InChI=1S/C12H24N2O/c1-3-14-6-4-11(8-10(14)2)13-12-5-7-15-9-12/h10-13H,3-9H2,1-2H3. The van der Waals surface area contributed by atoms with Crippen LogP contribution in [0, 0.1) is 0 Å². The molecule has 2 aliphatic heterocycles. The number of nitrogens with one attached hydrogen (secondary N) is 1. The largest absolute Gasteiger partial charge is 0.380 e. The van der Waals surface area contributed by atoms with Crippen LogP contribution in [-0.4, -0.2) is 49.3 Å². The van der Waals surface area contributed by atoms with Crippen molar-refractivity contribution in [3.8, 4) is 0 Å². The minimum Gasteiger partial charge on any atom is -0.380 e. The fraction of sp³-hybridized carbons (Fsp3) is 1.00. The summed E-state index contributed by atoms with van der Waals surface area (Å²) in [6, 6.07) is 2.08. The number of likely N-dealkylation sites (tertiary alicyclic amines) is 1. The maximum Gasteiger partial charge on any atom is 0.0620 e. The SMILES string of the molecule is CCN1CCC(NC2CCOC2)CC1C. The van der Waals surface area contributed by atoms with Crippen LogP contribution in [0.3, 0.4) is 0 Å². The van der Waals surface area contributed by atoms with Gasteiger partial charge in [0.05, 0.1) is 6.61 Å². The second-order valence-corrected chi connectivity index (χ2v) is 4.93. The molecule has 0 aromatic heterocycles. The van der Waals surface area contributed by atoms with Crippen molar-refractivity contribution in [2.45, 2.75) is 51.2 Å². The first-order chi connectivity index (χ1) is 7.29. The van der Waals surface area contributed by atoms with Gasteiger partial charge in [-0.1, -0.05) is 6.92 Å². The monoisotopic (exact) mass is 212 g/mol. The molecule has 0 spiro atoms. The molecule has 3 atom stereocenters. The molecule has 0 radical (unpaired) electrons. The number of hydrogen-bond acceptors (Lipinski definition) is 3. The Hall–Kier alpha value is -0.120. The van der Waals surface area contributed by atoms with Crippen LogP contribution in [0.1, 0.15) is 33.1 Å². The van der Waals surface area contributed by atoms with Gasteiger partial charge < -0.3 is 15.0 Å². The van der Waals surface area contributed by atoms with E-state index in [2.05, 4.69) is 24.1 Å². The number of hydrogen-bond donors (Lipinski definition) is 1. The average Bonchev–Trinajstić information content (AvgIpc) is 2.71. The fourth-order valence-corrected chi connectivity index (χ4v) is 2.84. The van der Waals surface area contributed by atoms with Gasteiger partial charge in [-0.05, 0) is 39.3 Å². The van der Waals surface area contributed by atoms with Gasteiger partial charge in [0.15, 0.2) is 0 Å². The lowest BCUT2D eigenvalue weighted by atomic mass is 9.97. The molecule has 1 N–H and O–H groups in total. The zero-order valence-corrected chi connectivity index (χ0v) is 10.0. The number of nitrogens with zero attached hydrogens (tertiary/aromatic N) is 1. The van der Waals surface area contributed by atoms with Crippen molar-refractivity contribution in [1.29, 1.82) is 0 Å². The molecular weight excluding hydrogens is 188 g/mol. The first-order valence-corrected chi connectivity index (χ1v) is 6.37. The van der Waals surface area contributed by atoms with Crippen molar-refractivity contribution in [3.63, 3.8) is 0 Å². The maximum atomic E-state index is 5.39. The van der Waals surface area contributed by atoms with Crippen LogP contribution in [0.2, 0.25) is 0 Å². The highest BCUT2D eigenvalue weighted by Gasteiger charge is 2.26. The fourth-order valence-electron chi connectivity index (χ4n) is 2.84. The molecule has 15 heavy (non-hydrogen) atoms. The summed E-state index contributed by atoms with van der Waals surface area (Å²) < 4.78 is 5.39. The van der Waals surface area contributed by atoms with Gasteiger partial charge in [-0.25, -0.2) is 0 Å². The molecule has 0 saturated carbocycles. The molecule has 2 rings (SSSR count). The van der Waals surface area contributed by atoms with Crippen LogP contribution in [0.15, 0.2) is 0 Å². The molecule has 0 aliphatic carbocycles. The molecule has 0 aromatic carbocycles. The molecule has 2 aliphatic rings. The summed E-state index contributed by atoms with van der Waals surface area (Å²) in [7, 11) is 0. The minimum atomic E-state index is 0.621. The smallest absolute Gasteiger partial charge is 0.0620 e. The third-order valence-electron chi connectivity index (χ3n) is 3.82. The lowest BCUT2D eigenvalue weighted by Gasteiger charge is -2.38. The van der Waals surface area contributed by atoms with Crippen LogP contribution in [-0.2, 0) is 4.74 Å². The summed E-state index contributed by atoms with van der Waals surface area (Å²) >= 11 is 0. The van der Waals surface area contributed by atoms with E-state index in [9.17, 15) is 0 Å². The van der Waals surface area contributed by atoms with Gasteiger partial charge in [-0.15, -0.1) is 0 Å². The molecule has 2 fully saturated rings. The second-order valence-electron chi connectivity index (χ2n) is 4.93. The van der Waals surface area contributed by atoms with E-state index in [4.69, 9.17) is 4.74 Å². The van der Waals surface area contributed by atoms with Crippen molar-refractivity contribution in [1.82, 2.24) is 10.2 Å². The number of piperidine rings is 1. The van der Waals surface area contributed by atoms with Gasteiger partial charge in [-0.3, -0.25) is 0 Å². The summed E-state index contributed by atoms with van der Waals surface area (Å²) in [6.07, 6.45) is 3.79. The molecule has 0 aromatic rings. The zero-order valence-electron chi connectivity index (χ0n) is 10.0. The Bertz CT molecular complexity index is 192. The van der Waals surface area contributed by atoms with Crippen molar-refractivity contribution in [2.24, 2.45) is 0 Å². The van der Waals surface area contributed by atoms with Crippen molar-refractivity contribution < 1.29 is 4.74 Å². The molecular formula is C12H24N2O. The van der Waals surface area contributed by atoms with Gasteiger partial charge in [0.1, 0.15) is 0 Å². The molecule has 0 amide bonds. The highest BCUT2D eigenvalue weighted by atomic mass is 16.5. The van der Waals surface area contributed by atoms with Crippen LogP contribution in [0.5, 0.6) is 0 Å². The average molecular weight is 212 g/mol. The molecule has 2 heterocycles. The zero-order chi connectivity index (χ0) is 10.7. The summed E-state index contributed by atoms with van der Waals surface area (Å²) in [5, 5.41) is 3.74. The van der Waals surface area contributed by atoms with E-state index >= 15 is 0 Å². The molecule has 0 bridgehead atoms. The molecule has 88 valence electrons. The topological polar surface area (TPSA) is 24.5 Å². The first kappa shape index (κ1) is 11.4.